The zero-order chi connectivity index (χ0) is 8.81. The van der Waals surface area contributed by atoms with Crippen molar-refractivity contribution < 1.29 is 4.79 Å². The van der Waals surface area contributed by atoms with Crippen molar-refractivity contribution in [3.8, 4) is 0 Å². The summed E-state index contributed by atoms with van der Waals surface area (Å²) in [4.78, 5) is 11.2. The second kappa shape index (κ2) is 5.13. The third-order valence-corrected chi connectivity index (χ3v) is 2.47. The number of allylic oxidation sites excluding steroid dienone is 2. The molecule has 1 aliphatic carbocycles. The van der Waals surface area contributed by atoms with Crippen LogP contribution in [0.25, 0.3) is 0 Å². The Morgan fingerprint density at radius 3 is 2.92 bits per heavy atom. The zero-order valence-corrected chi connectivity index (χ0v) is 7.88. The smallest absolute Gasteiger partial charge is 0.136 e. The molecule has 0 saturated heterocycles. The minimum atomic E-state index is 0.359. The number of carbonyl (C=O) groups is 1. The maximum absolute atomic E-state index is 11.2. The topological polar surface area (TPSA) is 17.1 Å². The second-order valence-corrected chi connectivity index (χ2v) is 3.55. The van der Waals surface area contributed by atoms with E-state index < -0.39 is 0 Å². The van der Waals surface area contributed by atoms with Gasteiger partial charge in [0.05, 0.1) is 0 Å². The first kappa shape index (κ1) is 9.50. The van der Waals surface area contributed by atoms with Gasteiger partial charge in [-0.25, -0.2) is 0 Å². The fourth-order valence-electron chi connectivity index (χ4n) is 1.68. The van der Waals surface area contributed by atoms with Crippen LogP contribution in [-0.4, -0.2) is 5.78 Å². The molecule has 0 radical (unpaired) electrons. The molecule has 0 bridgehead atoms. The van der Waals surface area contributed by atoms with Crippen molar-refractivity contribution in [3.63, 3.8) is 0 Å². The Labute approximate surface area is 74.9 Å². The molecule has 1 nitrogen and oxygen atoms in total. The van der Waals surface area contributed by atoms with E-state index in [1.807, 2.05) is 0 Å². The van der Waals surface area contributed by atoms with Crippen LogP contribution in [0, 0.1) is 5.92 Å². The van der Waals surface area contributed by atoms with Crippen LogP contribution in [0.1, 0.15) is 45.4 Å². The summed E-state index contributed by atoms with van der Waals surface area (Å²) in [6, 6.07) is 0. The van der Waals surface area contributed by atoms with Gasteiger partial charge >= 0.3 is 0 Å². The molecule has 0 heterocycles. The van der Waals surface area contributed by atoms with E-state index in [1.54, 1.807) is 0 Å². The Kier molecular flexibility index (Phi) is 4.06. The first-order chi connectivity index (χ1) is 5.84. The van der Waals surface area contributed by atoms with Crippen molar-refractivity contribution >= 4 is 5.78 Å². The van der Waals surface area contributed by atoms with Crippen molar-refractivity contribution in [2.45, 2.75) is 45.4 Å². The average molecular weight is 166 g/mol. The summed E-state index contributed by atoms with van der Waals surface area (Å²) in [5, 5.41) is 0. The number of unbranched alkanes of at least 4 members (excludes halogenated alkanes) is 1. The van der Waals surface area contributed by atoms with Gasteiger partial charge in [0.1, 0.15) is 5.78 Å². The van der Waals surface area contributed by atoms with E-state index in [2.05, 4.69) is 19.1 Å². The molecule has 68 valence electrons. The van der Waals surface area contributed by atoms with Gasteiger partial charge < -0.3 is 0 Å². The summed E-state index contributed by atoms with van der Waals surface area (Å²) in [5.74, 6) is 0.842. The van der Waals surface area contributed by atoms with Crippen molar-refractivity contribution in [2.24, 2.45) is 5.92 Å². The Morgan fingerprint density at radius 1 is 1.50 bits per heavy atom. The van der Waals surface area contributed by atoms with Gasteiger partial charge in [0.25, 0.3) is 0 Å². The van der Waals surface area contributed by atoms with E-state index in [0.717, 1.165) is 32.1 Å². The first-order valence-electron chi connectivity index (χ1n) is 5.02. The summed E-state index contributed by atoms with van der Waals surface area (Å²) in [6.07, 6.45) is 10.8. The van der Waals surface area contributed by atoms with Crippen LogP contribution < -0.4 is 0 Å². The normalized spacial score (nSPS) is 24.1. The molecular weight excluding hydrogens is 148 g/mol. The summed E-state index contributed by atoms with van der Waals surface area (Å²) in [7, 11) is 0. The van der Waals surface area contributed by atoms with E-state index >= 15 is 0 Å². The molecule has 0 amide bonds. The number of hydrogen-bond acceptors (Lipinski definition) is 1. The third-order valence-electron chi connectivity index (χ3n) is 2.47. The Morgan fingerprint density at radius 2 is 2.33 bits per heavy atom. The molecule has 0 unspecified atom stereocenters. The van der Waals surface area contributed by atoms with E-state index in [0.29, 0.717) is 11.7 Å². The van der Waals surface area contributed by atoms with E-state index in [1.165, 1.54) is 6.42 Å². The number of hydrogen-bond donors (Lipinski definition) is 0. The predicted molar refractivity (Wildman–Crippen MR) is 51.0 cm³/mol. The largest absolute Gasteiger partial charge is 0.299 e. The predicted octanol–water partition coefficient (Wildman–Crippen LogP) is 3.10. The van der Waals surface area contributed by atoms with Crippen molar-refractivity contribution in [2.75, 3.05) is 0 Å². The number of rotatable bonds is 4. The molecule has 1 rings (SSSR count). The van der Waals surface area contributed by atoms with Crippen LogP contribution in [0.4, 0.5) is 0 Å². The lowest BCUT2D eigenvalue weighted by Gasteiger charge is -2.01. The zero-order valence-electron chi connectivity index (χ0n) is 7.88. The van der Waals surface area contributed by atoms with Crippen LogP contribution in [0.2, 0.25) is 0 Å². The Bertz CT molecular complexity index is 170. The van der Waals surface area contributed by atoms with Gasteiger partial charge in [-0.2, -0.15) is 0 Å². The second-order valence-electron chi connectivity index (χ2n) is 3.55. The Balaban J connectivity index is 2.18. The maximum atomic E-state index is 11.2. The molecule has 1 aliphatic rings. The van der Waals surface area contributed by atoms with E-state index in [4.69, 9.17) is 0 Å². The van der Waals surface area contributed by atoms with Gasteiger partial charge in [-0.1, -0.05) is 25.5 Å². The lowest BCUT2D eigenvalue weighted by atomic mass is 10.0. The highest BCUT2D eigenvalue weighted by Gasteiger charge is 2.22. The third kappa shape index (κ3) is 2.80. The lowest BCUT2D eigenvalue weighted by molar-refractivity contribution is -0.120. The van der Waals surface area contributed by atoms with Gasteiger partial charge in [-0.05, 0) is 25.7 Å². The van der Waals surface area contributed by atoms with Gasteiger partial charge in [0.15, 0.2) is 0 Å². The summed E-state index contributed by atoms with van der Waals surface area (Å²) in [6.45, 7) is 2.17. The highest BCUT2D eigenvalue weighted by atomic mass is 16.1. The number of Topliss-reactive ketones (excluding diaryl/α,β-unsaturated/α-hetero) is 1. The van der Waals surface area contributed by atoms with Crippen LogP contribution >= 0.6 is 0 Å². The SMILES string of the molecule is CCCC=CC[C@@H]1CCCC1=O. The van der Waals surface area contributed by atoms with Gasteiger partial charge in [-0.15, -0.1) is 0 Å². The standard InChI is InChI=1S/C11H18O/c1-2-3-4-5-7-10-8-6-9-11(10)12/h4-5,10H,2-3,6-9H2,1H3/t10-/m1/s1. The van der Waals surface area contributed by atoms with Gasteiger partial charge in [0.2, 0.25) is 0 Å². The fourth-order valence-corrected chi connectivity index (χ4v) is 1.68. The van der Waals surface area contributed by atoms with Crippen LogP contribution in [0.3, 0.4) is 0 Å². The molecule has 0 aliphatic heterocycles. The fraction of sp³-hybridized carbons (Fsp3) is 0.727. The van der Waals surface area contributed by atoms with Crippen molar-refractivity contribution in [1.29, 1.82) is 0 Å². The average Bonchev–Trinajstić information content (AvgIpc) is 2.46. The summed E-state index contributed by atoms with van der Waals surface area (Å²) < 4.78 is 0. The molecule has 0 N–H and O–H groups in total. The first-order valence-corrected chi connectivity index (χ1v) is 5.02. The molecule has 1 fully saturated rings. The highest BCUT2D eigenvalue weighted by molar-refractivity contribution is 5.82. The minimum Gasteiger partial charge on any atom is -0.299 e. The van der Waals surface area contributed by atoms with Crippen molar-refractivity contribution in [1.82, 2.24) is 0 Å². The monoisotopic (exact) mass is 166 g/mol. The van der Waals surface area contributed by atoms with E-state index in [-0.39, 0.29) is 0 Å². The molecule has 0 aromatic carbocycles. The molecule has 1 saturated carbocycles. The number of carbonyl (C=O) groups excluding carboxylic acids is 1. The van der Waals surface area contributed by atoms with Crippen LogP contribution in [0.15, 0.2) is 12.2 Å². The van der Waals surface area contributed by atoms with Gasteiger partial charge in [0, 0.05) is 12.3 Å². The lowest BCUT2D eigenvalue weighted by Crippen LogP contribution is -2.03. The highest BCUT2D eigenvalue weighted by Crippen LogP contribution is 2.24. The molecule has 0 aromatic rings. The number of ketones is 1. The summed E-state index contributed by atoms with van der Waals surface area (Å²) in [5.41, 5.74) is 0. The molecule has 1 heteroatoms. The van der Waals surface area contributed by atoms with E-state index in [9.17, 15) is 4.79 Å². The van der Waals surface area contributed by atoms with Crippen LogP contribution in [0.5, 0.6) is 0 Å². The molecule has 0 aromatic heterocycles. The van der Waals surface area contributed by atoms with Crippen molar-refractivity contribution in [3.05, 3.63) is 12.2 Å². The maximum Gasteiger partial charge on any atom is 0.136 e. The molecule has 0 spiro atoms. The Hall–Kier alpha value is -0.590. The molecule has 1 atom stereocenters. The minimum absolute atomic E-state index is 0.359. The molecule has 12 heavy (non-hydrogen) atoms. The summed E-state index contributed by atoms with van der Waals surface area (Å²) >= 11 is 0. The van der Waals surface area contributed by atoms with Gasteiger partial charge in [-0.3, -0.25) is 4.79 Å². The molecular formula is C11H18O. The quantitative estimate of drug-likeness (QED) is 0.586. The van der Waals surface area contributed by atoms with Crippen LogP contribution in [-0.2, 0) is 4.79 Å².